The van der Waals surface area contributed by atoms with Crippen molar-refractivity contribution >= 4 is 5.65 Å². The highest BCUT2D eigenvalue weighted by Gasteiger charge is 2.05. The van der Waals surface area contributed by atoms with Crippen LogP contribution in [-0.4, -0.2) is 14.6 Å². The molecule has 0 N–H and O–H groups in total. The lowest BCUT2D eigenvalue weighted by Crippen LogP contribution is -1.97. The van der Waals surface area contributed by atoms with E-state index < -0.39 is 0 Å². The molecule has 0 amide bonds. The van der Waals surface area contributed by atoms with Gasteiger partial charge >= 0.3 is 0 Å². The minimum absolute atomic E-state index is 0.888. The second-order valence-electron chi connectivity index (χ2n) is 3.75. The average molecular weight is 209 g/mol. The summed E-state index contributed by atoms with van der Waals surface area (Å²) < 4.78 is 1.86. The maximum absolute atomic E-state index is 4.42. The van der Waals surface area contributed by atoms with Crippen LogP contribution in [0.2, 0.25) is 0 Å². The van der Waals surface area contributed by atoms with Crippen LogP contribution in [0.3, 0.4) is 0 Å². The molecule has 0 aliphatic rings. The first-order valence-corrected chi connectivity index (χ1v) is 5.21. The molecule has 2 heterocycles. The van der Waals surface area contributed by atoms with Crippen LogP contribution in [0.25, 0.3) is 16.9 Å². The van der Waals surface area contributed by atoms with E-state index in [1.54, 1.807) is 6.20 Å². The summed E-state index contributed by atoms with van der Waals surface area (Å²) in [4.78, 5) is 4.42. The highest BCUT2D eigenvalue weighted by atomic mass is 15.2. The molecule has 0 aliphatic carbocycles. The van der Waals surface area contributed by atoms with Crippen LogP contribution in [0.1, 0.15) is 5.69 Å². The van der Waals surface area contributed by atoms with E-state index in [0.29, 0.717) is 0 Å². The van der Waals surface area contributed by atoms with Gasteiger partial charge in [0.2, 0.25) is 0 Å². The van der Waals surface area contributed by atoms with Gasteiger partial charge in [-0.25, -0.2) is 9.50 Å². The van der Waals surface area contributed by atoms with E-state index in [1.807, 2.05) is 35.7 Å². The van der Waals surface area contributed by atoms with Crippen molar-refractivity contribution in [2.75, 3.05) is 0 Å². The topological polar surface area (TPSA) is 30.2 Å². The van der Waals surface area contributed by atoms with Crippen molar-refractivity contribution < 1.29 is 0 Å². The fourth-order valence-corrected chi connectivity index (χ4v) is 1.85. The lowest BCUT2D eigenvalue weighted by Gasteiger charge is -2.05. The highest BCUT2D eigenvalue weighted by Crippen LogP contribution is 2.19. The van der Waals surface area contributed by atoms with Crippen LogP contribution in [0.15, 0.2) is 48.7 Å². The number of hydrogen-bond acceptors (Lipinski definition) is 2. The summed E-state index contributed by atoms with van der Waals surface area (Å²) in [5, 5.41) is 4.29. The van der Waals surface area contributed by atoms with Crippen LogP contribution in [0.5, 0.6) is 0 Å². The predicted molar refractivity (Wildman–Crippen MR) is 63.2 cm³/mol. The monoisotopic (exact) mass is 209 g/mol. The highest BCUT2D eigenvalue weighted by molar-refractivity contribution is 5.62. The molecule has 78 valence electrons. The molecule has 0 bridgehead atoms. The van der Waals surface area contributed by atoms with Gasteiger partial charge in [-0.15, -0.1) is 0 Å². The van der Waals surface area contributed by atoms with Gasteiger partial charge in [-0.1, -0.05) is 30.3 Å². The minimum Gasteiger partial charge on any atom is -0.234 e. The Hall–Kier alpha value is -2.16. The lowest BCUT2D eigenvalue weighted by atomic mass is 10.1. The zero-order chi connectivity index (χ0) is 11.0. The SMILES string of the molecule is Cc1cc(-c2ccccc2)n2nccc2n1. The van der Waals surface area contributed by atoms with E-state index in [1.165, 1.54) is 0 Å². The van der Waals surface area contributed by atoms with Gasteiger partial charge in [0.15, 0.2) is 5.65 Å². The number of hydrogen-bond donors (Lipinski definition) is 0. The van der Waals surface area contributed by atoms with Crippen LogP contribution in [0.4, 0.5) is 0 Å². The van der Waals surface area contributed by atoms with Crippen molar-refractivity contribution in [3.63, 3.8) is 0 Å². The fraction of sp³-hybridized carbons (Fsp3) is 0.0769. The van der Waals surface area contributed by atoms with Crippen LogP contribution < -0.4 is 0 Å². The third-order valence-corrected chi connectivity index (χ3v) is 2.56. The lowest BCUT2D eigenvalue weighted by molar-refractivity contribution is 0.938. The van der Waals surface area contributed by atoms with Crippen LogP contribution in [-0.2, 0) is 0 Å². The zero-order valence-electron chi connectivity index (χ0n) is 8.96. The Morgan fingerprint density at radius 2 is 1.88 bits per heavy atom. The normalized spacial score (nSPS) is 10.8. The van der Waals surface area contributed by atoms with Gasteiger partial charge < -0.3 is 0 Å². The number of fused-ring (bicyclic) bond motifs is 1. The number of rotatable bonds is 1. The van der Waals surface area contributed by atoms with Gasteiger partial charge in [-0.05, 0) is 13.0 Å². The molecule has 0 radical (unpaired) electrons. The molecule has 3 nitrogen and oxygen atoms in total. The molecule has 0 unspecified atom stereocenters. The summed E-state index contributed by atoms with van der Waals surface area (Å²) in [6, 6.07) is 14.2. The molecule has 3 aromatic rings. The van der Waals surface area contributed by atoms with Gasteiger partial charge in [0.05, 0.1) is 11.9 Å². The summed E-state index contributed by atoms with van der Waals surface area (Å²) in [7, 11) is 0. The van der Waals surface area contributed by atoms with Crippen LogP contribution in [0, 0.1) is 6.92 Å². The van der Waals surface area contributed by atoms with E-state index >= 15 is 0 Å². The second kappa shape index (κ2) is 3.45. The van der Waals surface area contributed by atoms with E-state index in [0.717, 1.165) is 22.6 Å². The largest absolute Gasteiger partial charge is 0.234 e. The van der Waals surface area contributed by atoms with E-state index in [2.05, 4.69) is 28.3 Å². The van der Waals surface area contributed by atoms with E-state index in [-0.39, 0.29) is 0 Å². The summed E-state index contributed by atoms with van der Waals surface area (Å²) in [5.74, 6) is 0. The molecule has 0 aliphatic heterocycles. The number of aryl methyl sites for hydroxylation is 1. The molecular formula is C13H11N3. The van der Waals surface area contributed by atoms with E-state index in [9.17, 15) is 0 Å². The van der Waals surface area contributed by atoms with Crippen molar-refractivity contribution in [2.45, 2.75) is 6.92 Å². The van der Waals surface area contributed by atoms with E-state index in [4.69, 9.17) is 0 Å². The maximum Gasteiger partial charge on any atom is 0.155 e. The number of nitrogens with zero attached hydrogens (tertiary/aromatic N) is 3. The molecule has 0 saturated heterocycles. The van der Waals surface area contributed by atoms with Gasteiger partial charge in [-0.2, -0.15) is 5.10 Å². The van der Waals surface area contributed by atoms with Crippen LogP contribution >= 0.6 is 0 Å². The summed E-state index contributed by atoms with van der Waals surface area (Å²) >= 11 is 0. The quantitative estimate of drug-likeness (QED) is 0.616. The molecular weight excluding hydrogens is 198 g/mol. The maximum atomic E-state index is 4.42. The number of aromatic nitrogens is 3. The molecule has 16 heavy (non-hydrogen) atoms. The van der Waals surface area contributed by atoms with Crippen molar-refractivity contribution in [2.24, 2.45) is 0 Å². The first-order chi connectivity index (χ1) is 7.84. The Kier molecular flexibility index (Phi) is 1.96. The molecule has 1 aromatic carbocycles. The summed E-state index contributed by atoms with van der Waals surface area (Å²) in [6.45, 7) is 2.00. The first-order valence-electron chi connectivity index (χ1n) is 5.21. The summed E-state index contributed by atoms with van der Waals surface area (Å²) in [6.07, 6.45) is 1.77. The Bertz CT molecular complexity index is 626. The Labute approximate surface area is 93.4 Å². The molecule has 0 spiro atoms. The molecule has 2 aromatic heterocycles. The predicted octanol–water partition coefficient (Wildman–Crippen LogP) is 2.70. The molecule has 3 heteroatoms. The third kappa shape index (κ3) is 1.37. The standard InChI is InChI=1S/C13H11N3/c1-10-9-12(11-5-3-2-4-6-11)16-13(15-10)7-8-14-16/h2-9H,1H3. The Morgan fingerprint density at radius 1 is 1.06 bits per heavy atom. The molecule has 0 saturated carbocycles. The Morgan fingerprint density at radius 3 is 2.69 bits per heavy atom. The Balaban J connectivity index is 2.34. The van der Waals surface area contributed by atoms with Crippen molar-refractivity contribution in [1.82, 2.24) is 14.6 Å². The second-order valence-corrected chi connectivity index (χ2v) is 3.75. The molecule has 0 atom stereocenters. The van der Waals surface area contributed by atoms with Crippen molar-refractivity contribution in [3.8, 4) is 11.3 Å². The van der Waals surface area contributed by atoms with Gasteiger partial charge in [0.1, 0.15) is 0 Å². The first kappa shape index (κ1) is 9.09. The van der Waals surface area contributed by atoms with Gasteiger partial charge in [-0.3, -0.25) is 0 Å². The van der Waals surface area contributed by atoms with Gasteiger partial charge in [0, 0.05) is 17.3 Å². The molecule has 0 fully saturated rings. The molecule has 3 rings (SSSR count). The van der Waals surface area contributed by atoms with Crippen molar-refractivity contribution in [1.29, 1.82) is 0 Å². The van der Waals surface area contributed by atoms with Crippen molar-refractivity contribution in [3.05, 3.63) is 54.4 Å². The van der Waals surface area contributed by atoms with Gasteiger partial charge in [0.25, 0.3) is 0 Å². The summed E-state index contributed by atoms with van der Waals surface area (Å²) in [5.41, 5.74) is 4.13. The third-order valence-electron chi connectivity index (χ3n) is 2.56. The minimum atomic E-state index is 0.888. The fourth-order valence-electron chi connectivity index (χ4n) is 1.85. The average Bonchev–Trinajstić information content (AvgIpc) is 2.77. The number of benzene rings is 1. The zero-order valence-corrected chi connectivity index (χ0v) is 8.96. The smallest absolute Gasteiger partial charge is 0.155 e.